The molecule has 2 aliphatic heterocycles. The van der Waals surface area contributed by atoms with E-state index in [1.54, 1.807) is 6.07 Å². The second-order valence-electron chi connectivity index (χ2n) is 9.35. The molecule has 0 fully saturated rings. The van der Waals surface area contributed by atoms with Gasteiger partial charge >= 0.3 is 5.97 Å². The summed E-state index contributed by atoms with van der Waals surface area (Å²) in [6.45, 7) is 7.25. The maximum Gasteiger partial charge on any atom is 0.335 e. The van der Waals surface area contributed by atoms with Gasteiger partial charge in [-0.1, -0.05) is 51.0 Å². The second kappa shape index (κ2) is 8.28. The van der Waals surface area contributed by atoms with Crippen molar-refractivity contribution in [3.63, 3.8) is 0 Å². The monoisotopic (exact) mass is 431 g/mol. The highest BCUT2D eigenvalue weighted by molar-refractivity contribution is 6.00. The molecule has 0 spiro atoms. The van der Waals surface area contributed by atoms with E-state index in [4.69, 9.17) is 5.73 Å². The molecule has 1 unspecified atom stereocenters. The van der Waals surface area contributed by atoms with E-state index in [-0.39, 0.29) is 6.04 Å². The van der Waals surface area contributed by atoms with Gasteiger partial charge in [-0.25, -0.2) is 4.79 Å². The van der Waals surface area contributed by atoms with E-state index in [0.717, 1.165) is 57.3 Å². The van der Waals surface area contributed by atoms with Gasteiger partial charge in [0.2, 0.25) is 0 Å². The lowest BCUT2D eigenvalue weighted by molar-refractivity contribution is 0.0697. The largest absolute Gasteiger partial charge is 0.478 e. The van der Waals surface area contributed by atoms with Gasteiger partial charge in [0, 0.05) is 42.1 Å². The quantitative estimate of drug-likeness (QED) is 0.509. The van der Waals surface area contributed by atoms with Crippen molar-refractivity contribution in [1.29, 1.82) is 0 Å². The molecule has 3 heterocycles. The molecule has 1 atom stereocenters. The van der Waals surface area contributed by atoms with Crippen molar-refractivity contribution in [1.82, 2.24) is 4.57 Å². The summed E-state index contributed by atoms with van der Waals surface area (Å²) in [6.07, 6.45) is 5.51. The maximum atomic E-state index is 11.8. The van der Waals surface area contributed by atoms with E-state index in [0.29, 0.717) is 11.5 Å². The third-order valence-electron chi connectivity index (χ3n) is 7.37. The molecule has 32 heavy (non-hydrogen) atoms. The Bertz CT molecular complexity index is 1170. The standard InChI is InChI=1S/C27H33N3O2/c1-3-6-17(7-4-2)24-20-11-10-18(27(31)32)16-23(20)30-15-14-29-13-12-22(28)19-8-5-9-21(25(19)29)26(24)30/h5,8-11,16-17,22H,3-4,6-7,12-15,28H2,1-2H3,(H,31,32). The van der Waals surface area contributed by atoms with Crippen LogP contribution in [0.3, 0.4) is 0 Å². The molecule has 5 heteroatoms. The van der Waals surface area contributed by atoms with Crippen LogP contribution in [-0.4, -0.2) is 28.7 Å². The van der Waals surface area contributed by atoms with Crippen molar-refractivity contribution in [2.45, 2.75) is 64.5 Å². The Kier molecular flexibility index (Phi) is 5.46. The van der Waals surface area contributed by atoms with Crippen molar-refractivity contribution in [2.75, 3.05) is 18.0 Å². The van der Waals surface area contributed by atoms with Crippen LogP contribution in [-0.2, 0) is 6.54 Å². The van der Waals surface area contributed by atoms with Crippen molar-refractivity contribution >= 4 is 22.6 Å². The van der Waals surface area contributed by atoms with Crippen molar-refractivity contribution in [3.05, 3.63) is 53.1 Å². The lowest BCUT2D eigenvalue weighted by atomic mass is 9.85. The summed E-state index contributed by atoms with van der Waals surface area (Å²) in [5.74, 6) is -0.413. The number of aromatic carboxylic acids is 1. The topological polar surface area (TPSA) is 71.5 Å². The van der Waals surface area contributed by atoms with Gasteiger partial charge in [0.1, 0.15) is 0 Å². The van der Waals surface area contributed by atoms with E-state index >= 15 is 0 Å². The Labute approximate surface area is 189 Å². The number of para-hydroxylation sites is 1. The molecule has 168 valence electrons. The van der Waals surface area contributed by atoms with Crippen molar-refractivity contribution in [2.24, 2.45) is 5.73 Å². The van der Waals surface area contributed by atoms with Gasteiger partial charge in [-0.15, -0.1) is 0 Å². The number of benzene rings is 2. The van der Waals surface area contributed by atoms with Crippen molar-refractivity contribution < 1.29 is 9.90 Å². The predicted octanol–water partition coefficient (Wildman–Crippen LogP) is 5.91. The average molecular weight is 432 g/mol. The molecular weight excluding hydrogens is 398 g/mol. The highest BCUT2D eigenvalue weighted by Gasteiger charge is 2.33. The summed E-state index contributed by atoms with van der Waals surface area (Å²) in [4.78, 5) is 14.3. The molecule has 5 nitrogen and oxygen atoms in total. The molecule has 3 N–H and O–H groups in total. The number of carboxylic acids is 1. The minimum absolute atomic E-state index is 0.0706. The van der Waals surface area contributed by atoms with Gasteiger partial charge < -0.3 is 20.3 Å². The fourth-order valence-electron chi connectivity index (χ4n) is 5.99. The molecule has 0 saturated carbocycles. The Morgan fingerprint density at radius 2 is 1.91 bits per heavy atom. The fourth-order valence-corrected chi connectivity index (χ4v) is 5.99. The van der Waals surface area contributed by atoms with Crippen LogP contribution in [0.15, 0.2) is 36.4 Å². The maximum absolute atomic E-state index is 11.8. The summed E-state index contributed by atoms with van der Waals surface area (Å²) < 4.78 is 2.40. The molecule has 0 radical (unpaired) electrons. The number of rotatable bonds is 6. The fraction of sp³-hybridized carbons (Fsp3) is 0.444. The Hall–Kier alpha value is -2.79. The van der Waals surface area contributed by atoms with Crippen LogP contribution < -0.4 is 10.6 Å². The number of nitrogens with two attached hydrogens (primary N) is 1. The van der Waals surface area contributed by atoms with Crippen LogP contribution in [0.4, 0.5) is 5.69 Å². The van der Waals surface area contributed by atoms with E-state index < -0.39 is 5.97 Å². The van der Waals surface area contributed by atoms with Gasteiger partial charge in [0.25, 0.3) is 0 Å². The van der Waals surface area contributed by atoms with Gasteiger partial charge in [0.15, 0.2) is 0 Å². The summed E-state index contributed by atoms with van der Waals surface area (Å²) >= 11 is 0. The number of fused-ring (bicyclic) bond motifs is 4. The Morgan fingerprint density at radius 1 is 1.12 bits per heavy atom. The first kappa shape index (κ1) is 21.1. The molecule has 3 aromatic rings. The summed E-state index contributed by atoms with van der Waals surface area (Å²) in [6, 6.07) is 12.3. The molecule has 0 bridgehead atoms. The summed E-state index contributed by atoms with van der Waals surface area (Å²) in [7, 11) is 0. The van der Waals surface area contributed by atoms with Crippen LogP contribution >= 0.6 is 0 Å². The lowest BCUT2D eigenvalue weighted by Gasteiger charge is -2.34. The number of hydrogen-bond acceptors (Lipinski definition) is 3. The normalized spacial score (nSPS) is 17.4. The summed E-state index contributed by atoms with van der Waals surface area (Å²) in [5, 5.41) is 10.9. The van der Waals surface area contributed by atoms with Crippen LogP contribution in [0.2, 0.25) is 0 Å². The van der Waals surface area contributed by atoms with Gasteiger partial charge in [-0.05, 0) is 48.4 Å². The van der Waals surface area contributed by atoms with Gasteiger partial charge in [-0.3, -0.25) is 0 Å². The zero-order valence-corrected chi connectivity index (χ0v) is 19.1. The lowest BCUT2D eigenvalue weighted by Crippen LogP contribution is -2.35. The van der Waals surface area contributed by atoms with Crippen LogP contribution in [0.5, 0.6) is 0 Å². The van der Waals surface area contributed by atoms with E-state index in [1.807, 2.05) is 12.1 Å². The molecule has 0 aliphatic carbocycles. The zero-order valence-electron chi connectivity index (χ0n) is 19.1. The van der Waals surface area contributed by atoms with Gasteiger partial charge in [0.05, 0.1) is 16.9 Å². The third-order valence-corrected chi connectivity index (χ3v) is 7.37. The zero-order chi connectivity index (χ0) is 22.4. The number of hydrogen-bond donors (Lipinski definition) is 2. The van der Waals surface area contributed by atoms with Crippen molar-refractivity contribution in [3.8, 4) is 11.3 Å². The first-order chi connectivity index (χ1) is 15.5. The highest BCUT2D eigenvalue weighted by Crippen LogP contribution is 2.48. The number of carboxylic acid groups (broad SMARTS) is 1. The van der Waals surface area contributed by atoms with E-state index in [2.05, 4.69) is 41.5 Å². The Balaban J connectivity index is 1.86. The average Bonchev–Trinajstić information content (AvgIpc) is 3.01. The molecule has 1 aromatic heterocycles. The minimum Gasteiger partial charge on any atom is -0.478 e. The second-order valence-corrected chi connectivity index (χ2v) is 9.35. The SMILES string of the molecule is CCCC(CCC)c1c2n(c3cc(C(=O)O)ccc13)CCN1CCC(N)c3cccc-2c31. The number of nitrogens with zero attached hydrogens (tertiary/aromatic N) is 2. The number of anilines is 1. The van der Waals surface area contributed by atoms with Crippen LogP contribution in [0.25, 0.3) is 22.2 Å². The van der Waals surface area contributed by atoms with E-state index in [9.17, 15) is 9.90 Å². The smallest absolute Gasteiger partial charge is 0.335 e. The molecule has 2 aliphatic rings. The minimum atomic E-state index is -0.871. The molecule has 5 rings (SSSR count). The summed E-state index contributed by atoms with van der Waals surface area (Å²) in [5.41, 5.74) is 14.4. The first-order valence-electron chi connectivity index (χ1n) is 12.1. The molecular formula is C27H33N3O2. The highest BCUT2D eigenvalue weighted by atomic mass is 16.4. The predicted molar refractivity (Wildman–Crippen MR) is 131 cm³/mol. The molecule has 0 saturated heterocycles. The third kappa shape index (κ3) is 3.22. The molecule has 0 amide bonds. The van der Waals surface area contributed by atoms with Crippen LogP contribution in [0.1, 0.15) is 79.4 Å². The van der Waals surface area contributed by atoms with Crippen LogP contribution in [0, 0.1) is 0 Å². The molecule has 2 aromatic carbocycles. The number of aromatic nitrogens is 1. The van der Waals surface area contributed by atoms with E-state index in [1.165, 1.54) is 33.5 Å². The van der Waals surface area contributed by atoms with Gasteiger partial charge in [-0.2, -0.15) is 0 Å². The Morgan fingerprint density at radius 3 is 2.62 bits per heavy atom. The first-order valence-corrected chi connectivity index (χ1v) is 12.1. The number of carbonyl (C=O) groups is 1.